The van der Waals surface area contributed by atoms with Crippen LogP contribution in [0.5, 0.6) is 0 Å². The first-order chi connectivity index (χ1) is 6.91. The molecule has 0 amide bonds. The van der Waals surface area contributed by atoms with Crippen molar-refractivity contribution in [2.75, 3.05) is 0 Å². The lowest BCUT2D eigenvalue weighted by atomic mass is 10.2. The van der Waals surface area contributed by atoms with Gasteiger partial charge in [-0.25, -0.2) is 0 Å². The van der Waals surface area contributed by atoms with Crippen LogP contribution < -0.4 is 0 Å². The number of hydrogen-bond donors (Lipinski definition) is 0. The molecular weight excluding hydrogens is 176 g/mol. The van der Waals surface area contributed by atoms with Crippen LogP contribution in [0.3, 0.4) is 0 Å². The van der Waals surface area contributed by atoms with Crippen molar-refractivity contribution in [3.63, 3.8) is 0 Å². The van der Waals surface area contributed by atoms with Crippen LogP contribution in [0.4, 0.5) is 0 Å². The highest BCUT2D eigenvalue weighted by molar-refractivity contribution is 5.52. The molecule has 0 aromatic carbocycles. The van der Waals surface area contributed by atoms with Gasteiger partial charge in [0.2, 0.25) is 0 Å². The summed E-state index contributed by atoms with van der Waals surface area (Å²) in [5, 5.41) is 0. The Morgan fingerprint density at radius 1 is 0.500 bits per heavy atom. The van der Waals surface area contributed by atoms with E-state index < -0.39 is 0 Å². The van der Waals surface area contributed by atoms with Crippen LogP contribution in [-0.2, 0) is 9.59 Å². The number of carbonyl (C=O) groups is 2. The number of rotatable bonds is 8. The molecule has 14 heavy (non-hydrogen) atoms. The quantitative estimate of drug-likeness (QED) is 0.437. The summed E-state index contributed by atoms with van der Waals surface area (Å²) in [5.74, 6) is 0. The fourth-order valence-corrected chi connectivity index (χ4v) is 0.846. The standard InChI is InChI=1S/C12H16O2/c13-11-9-7-5-3-1-2-4-6-8-10-12-14/h1-2,5-8,11-12H,3-4,9-10H2. The van der Waals surface area contributed by atoms with Crippen LogP contribution in [0.25, 0.3) is 0 Å². The van der Waals surface area contributed by atoms with Crippen molar-refractivity contribution in [2.24, 2.45) is 0 Å². The monoisotopic (exact) mass is 192 g/mol. The maximum atomic E-state index is 9.93. The van der Waals surface area contributed by atoms with Crippen molar-refractivity contribution < 1.29 is 9.59 Å². The summed E-state index contributed by atoms with van der Waals surface area (Å²) in [7, 11) is 0. The van der Waals surface area contributed by atoms with Gasteiger partial charge in [-0.05, 0) is 12.8 Å². The summed E-state index contributed by atoms with van der Waals surface area (Å²) < 4.78 is 0. The third-order valence-electron chi connectivity index (χ3n) is 1.51. The minimum absolute atomic E-state index is 0.493. The lowest BCUT2D eigenvalue weighted by molar-refractivity contribution is -0.107. The molecule has 0 unspecified atom stereocenters. The maximum Gasteiger partial charge on any atom is 0.123 e. The Morgan fingerprint density at radius 2 is 0.786 bits per heavy atom. The molecule has 0 rings (SSSR count). The minimum atomic E-state index is 0.493. The second-order valence-electron chi connectivity index (χ2n) is 2.69. The van der Waals surface area contributed by atoms with E-state index in [0.717, 1.165) is 25.4 Å². The Morgan fingerprint density at radius 3 is 1.07 bits per heavy atom. The van der Waals surface area contributed by atoms with E-state index in [1.165, 1.54) is 0 Å². The fraction of sp³-hybridized carbons (Fsp3) is 0.333. The van der Waals surface area contributed by atoms with E-state index in [4.69, 9.17) is 0 Å². The first-order valence-corrected chi connectivity index (χ1v) is 4.74. The molecule has 0 fully saturated rings. The van der Waals surface area contributed by atoms with Gasteiger partial charge in [-0.1, -0.05) is 36.5 Å². The lowest BCUT2D eigenvalue weighted by Gasteiger charge is -1.82. The first kappa shape index (κ1) is 12.6. The van der Waals surface area contributed by atoms with Crippen LogP contribution in [0.15, 0.2) is 36.5 Å². The van der Waals surface area contributed by atoms with Gasteiger partial charge >= 0.3 is 0 Å². The highest BCUT2D eigenvalue weighted by Gasteiger charge is 1.74. The Bertz CT molecular complexity index is 200. The molecule has 2 nitrogen and oxygen atoms in total. The van der Waals surface area contributed by atoms with Gasteiger partial charge in [0.1, 0.15) is 12.6 Å². The fourth-order valence-electron chi connectivity index (χ4n) is 0.846. The topological polar surface area (TPSA) is 34.1 Å². The number of allylic oxidation sites excluding steroid dienone is 6. The number of aldehydes is 2. The summed E-state index contributed by atoms with van der Waals surface area (Å²) in [6.07, 6.45) is 16.1. The Balaban J connectivity index is 3.35. The molecule has 0 aromatic heterocycles. The van der Waals surface area contributed by atoms with E-state index >= 15 is 0 Å². The SMILES string of the molecule is O=CCC=CCC=CCC=CCC=O. The van der Waals surface area contributed by atoms with E-state index in [9.17, 15) is 9.59 Å². The normalized spacial score (nSPS) is 11.7. The molecule has 76 valence electrons. The lowest BCUT2D eigenvalue weighted by Crippen LogP contribution is -1.67. The third-order valence-corrected chi connectivity index (χ3v) is 1.51. The molecule has 0 aliphatic heterocycles. The zero-order valence-electron chi connectivity index (χ0n) is 8.26. The van der Waals surface area contributed by atoms with E-state index in [0.29, 0.717) is 12.8 Å². The van der Waals surface area contributed by atoms with Crippen molar-refractivity contribution in [3.05, 3.63) is 36.5 Å². The Labute approximate surface area is 85.0 Å². The van der Waals surface area contributed by atoms with E-state index in [1.54, 1.807) is 0 Å². The second kappa shape index (κ2) is 11.6. The molecule has 0 aromatic rings. The predicted molar refractivity (Wildman–Crippen MR) is 58.0 cm³/mol. The average molecular weight is 192 g/mol. The van der Waals surface area contributed by atoms with E-state index in [1.807, 2.05) is 36.5 Å². The molecule has 0 bridgehead atoms. The molecule has 0 saturated carbocycles. The highest BCUT2D eigenvalue weighted by Crippen LogP contribution is 1.92. The van der Waals surface area contributed by atoms with Gasteiger partial charge in [-0.3, -0.25) is 0 Å². The molecule has 0 saturated heterocycles. The Kier molecular flexibility index (Phi) is 10.4. The molecule has 0 atom stereocenters. The molecule has 0 heterocycles. The maximum absolute atomic E-state index is 9.93. The summed E-state index contributed by atoms with van der Waals surface area (Å²) >= 11 is 0. The summed E-state index contributed by atoms with van der Waals surface area (Å²) in [4.78, 5) is 19.9. The average Bonchev–Trinajstić information content (AvgIpc) is 2.21. The third kappa shape index (κ3) is 10.6. The highest BCUT2D eigenvalue weighted by atomic mass is 16.1. The van der Waals surface area contributed by atoms with Gasteiger partial charge in [0.05, 0.1) is 0 Å². The van der Waals surface area contributed by atoms with Crippen LogP contribution in [0.2, 0.25) is 0 Å². The van der Waals surface area contributed by atoms with Crippen LogP contribution in [0.1, 0.15) is 25.7 Å². The van der Waals surface area contributed by atoms with E-state index in [-0.39, 0.29) is 0 Å². The second-order valence-corrected chi connectivity index (χ2v) is 2.69. The minimum Gasteiger partial charge on any atom is -0.303 e. The Hall–Kier alpha value is -1.44. The van der Waals surface area contributed by atoms with Gasteiger partial charge < -0.3 is 9.59 Å². The van der Waals surface area contributed by atoms with Gasteiger partial charge in [-0.15, -0.1) is 0 Å². The number of hydrogen-bond acceptors (Lipinski definition) is 2. The van der Waals surface area contributed by atoms with Crippen molar-refractivity contribution in [3.8, 4) is 0 Å². The summed E-state index contributed by atoms with van der Waals surface area (Å²) in [5.41, 5.74) is 0. The van der Waals surface area contributed by atoms with Crippen molar-refractivity contribution in [1.29, 1.82) is 0 Å². The molecule has 0 aliphatic carbocycles. The molecule has 0 N–H and O–H groups in total. The first-order valence-electron chi connectivity index (χ1n) is 4.74. The van der Waals surface area contributed by atoms with Gasteiger partial charge in [0.25, 0.3) is 0 Å². The molecule has 0 spiro atoms. The van der Waals surface area contributed by atoms with Crippen molar-refractivity contribution in [1.82, 2.24) is 0 Å². The summed E-state index contributed by atoms with van der Waals surface area (Å²) in [6, 6.07) is 0. The van der Waals surface area contributed by atoms with Crippen LogP contribution >= 0.6 is 0 Å². The number of carbonyl (C=O) groups excluding carboxylic acids is 2. The molecular formula is C12H16O2. The largest absolute Gasteiger partial charge is 0.303 e. The molecule has 0 aliphatic rings. The molecule has 0 radical (unpaired) electrons. The summed E-state index contributed by atoms with van der Waals surface area (Å²) in [6.45, 7) is 0. The van der Waals surface area contributed by atoms with Crippen LogP contribution in [0, 0.1) is 0 Å². The van der Waals surface area contributed by atoms with Gasteiger partial charge in [-0.2, -0.15) is 0 Å². The predicted octanol–water partition coefficient (Wildman–Crippen LogP) is 2.61. The zero-order valence-corrected chi connectivity index (χ0v) is 8.26. The van der Waals surface area contributed by atoms with Crippen molar-refractivity contribution >= 4 is 12.6 Å². The zero-order chi connectivity index (χ0) is 10.5. The molecule has 2 heteroatoms. The smallest absolute Gasteiger partial charge is 0.123 e. The van der Waals surface area contributed by atoms with Crippen LogP contribution in [-0.4, -0.2) is 12.6 Å². The van der Waals surface area contributed by atoms with Crippen molar-refractivity contribution in [2.45, 2.75) is 25.7 Å². The van der Waals surface area contributed by atoms with E-state index in [2.05, 4.69) is 0 Å². The van der Waals surface area contributed by atoms with Gasteiger partial charge in [0.15, 0.2) is 0 Å². The van der Waals surface area contributed by atoms with Gasteiger partial charge in [0, 0.05) is 12.8 Å².